The lowest BCUT2D eigenvalue weighted by molar-refractivity contribution is -0.145. The molecule has 0 saturated carbocycles. The van der Waals surface area contributed by atoms with Crippen LogP contribution in [0.25, 0.3) is 0 Å². The molecule has 0 N–H and O–H groups in total. The normalized spacial score (nSPS) is 22.4. The molecule has 3 nitrogen and oxygen atoms in total. The van der Waals surface area contributed by atoms with Crippen molar-refractivity contribution in [1.29, 1.82) is 0 Å². The molecule has 1 atom stereocenters. The number of hydrogen-bond donors (Lipinski definition) is 0. The second-order valence-corrected chi connectivity index (χ2v) is 6.36. The Labute approximate surface area is 105 Å². The Morgan fingerprint density at radius 1 is 1.06 bits per heavy atom. The monoisotopic (exact) mass is 245 g/mol. The zero-order valence-corrected chi connectivity index (χ0v) is 12.0. The summed E-state index contributed by atoms with van der Waals surface area (Å²) < 4.78 is 0. The average molecular weight is 245 g/mol. The van der Waals surface area contributed by atoms with Crippen LogP contribution in [-0.2, 0) is 9.59 Å². The number of carbonyl (C=O) groups excluding carboxylic acids is 2. The molecule has 1 fully saturated rings. The van der Waals surface area contributed by atoms with Crippen LogP contribution in [0.3, 0.4) is 0 Å². The molecule has 0 aromatic carbocycles. The van der Waals surface area contributed by atoms with E-state index < -0.39 is 5.54 Å². The van der Waals surface area contributed by atoms with Gasteiger partial charge in [-0.2, -0.15) is 13.5 Å². The van der Waals surface area contributed by atoms with Crippen molar-refractivity contribution in [3.8, 4) is 0 Å². The lowest BCUT2D eigenvalue weighted by Gasteiger charge is -2.32. The molecule has 0 bridgehead atoms. The summed E-state index contributed by atoms with van der Waals surface area (Å²) in [6.07, 6.45) is 0.361. The van der Waals surface area contributed by atoms with Gasteiger partial charge in [0.1, 0.15) is 0 Å². The highest BCUT2D eigenvalue weighted by Gasteiger charge is 2.48. The molecule has 1 heterocycles. The Hall–Kier alpha value is -0.510. The van der Waals surface area contributed by atoms with Gasteiger partial charge in [0.2, 0.25) is 11.8 Å². The van der Waals surface area contributed by atoms with Crippen LogP contribution in [0, 0.1) is 11.3 Å². The fourth-order valence-electron chi connectivity index (χ4n) is 2.01. The Bertz CT molecular complexity index is 299. The molecule has 2 amide bonds. The average Bonchev–Trinajstić information content (AvgIpc) is 2.22. The summed E-state index contributed by atoms with van der Waals surface area (Å²) in [5, 5.41) is 0. The molecule has 0 radical (unpaired) electrons. The largest absolute Gasteiger partial charge is 0.277 e. The summed E-state index contributed by atoms with van der Waals surface area (Å²) in [6, 6.07) is 0. The van der Waals surface area contributed by atoms with Crippen molar-refractivity contribution in [3.63, 3.8) is 0 Å². The van der Waals surface area contributed by atoms with E-state index in [0.29, 0.717) is 6.42 Å². The maximum Gasteiger partial charge on any atom is 0.233 e. The van der Waals surface area contributed by atoms with Gasteiger partial charge in [-0.05, 0) is 26.2 Å². The van der Waals surface area contributed by atoms with Crippen molar-refractivity contribution in [2.45, 2.75) is 53.5 Å². The van der Waals surface area contributed by atoms with Gasteiger partial charge in [0.25, 0.3) is 0 Å². The molecule has 0 aliphatic carbocycles. The molecule has 94 valence electrons. The Morgan fingerprint density at radius 3 is 1.69 bits per heavy atom. The van der Waals surface area contributed by atoms with Crippen LogP contribution in [0.1, 0.15) is 48.0 Å². The molecular formula is C12H23NO2S. The quantitative estimate of drug-likeness (QED) is 0.614. The van der Waals surface area contributed by atoms with E-state index >= 15 is 0 Å². The lowest BCUT2D eigenvalue weighted by atomic mass is 9.80. The van der Waals surface area contributed by atoms with Gasteiger partial charge < -0.3 is 0 Å². The molecular weight excluding hydrogens is 222 g/mol. The second-order valence-electron chi connectivity index (χ2n) is 6.36. The van der Waals surface area contributed by atoms with E-state index in [4.69, 9.17) is 0 Å². The van der Waals surface area contributed by atoms with Crippen LogP contribution < -0.4 is 0 Å². The summed E-state index contributed by atoms with van der Waals surface area (Å²) in [5.74, 6) is -0.211. The third kappa shape index (κ3) is 2.78. The predicted molar refractivity (Wildman–Crippen MR) is 69.5 cm³/mol. The van der Waals surface area contributed by atoms with E-state index in [1.54, 1.807) is 0 Å². The fraction of sp³-hybridized carbons (Fsp3) is 0.833. The van der Waals surface area contributed by atoms with Gasteiger partial charge in [-0.1, -0.05) is 20.8 Å². The van der Waals surface area contributed by atoms with Crippen molar-refractivity contribution in [2.75, 3.05) is 0 Å². The maximum atomic E-state index is 12.1. The number of amides is 2. The Morgan fingerprint density at radius 2 is 1.50 bits per heavy atom. The standard InChI is InChI=1S/C12H21NO2.H2S/c1-11(2,3)8-7-9(14)13(10(8)15)12(4,5)6;/h8H,7H2,1-6H3;1H2. The fourth-order valence-corrected chi connectivity index (χ4v) is 2.01. The first kappa shape index (κ1) is 15.5. The third-order valence-electron chi connectivity index (χ3n) is 2.86. The van der Waals surface area contributed by atoms with Gasteiger partial charge in [0.15, 0.2) is 0 Å². The lowest BCUT2D eigenvalue weighted by Crippen LogP contribution is -2.46. The highest BCUT2D eigenvalue weighted by Crippen LogP contribution is 2.37. The molecule has 1 aliphatic rings. The Kier molecular flexibility index (Phi) is 4.26. The molecule has 0 spiro atoms. The topological polar surface area (TPSA) is 37.4 Å². The van der Waals surface area contributed by atoms with Crippen LogP contribution in [0.5, 0.6) is 0 Å². The molecule has 0 aromatic heterocycles. The van der Waals surface area contributed by atoms with Crippen molar-refractivity contribution < 1.29 is 9.59 Å². The van der Waals surface area contributed by atoms with E-state index in [0.717, 1.165) is 0 Å². The first-order valence-electron chi connectivity index (χ1n) is 5.42. The van der Waals surface area contributed by atoms with Gasteiger partial charge in [0.05, 0.1) is 5.92 Å². The van der Waals surface area contributed by atoms with Crippen molar-refractivity contribution >= 4 is 25.3 Å². The number of carbonyl (C=O) groups is 2. The molecule has 4 heteroatoms. The van der Waals surface area contributed by atoms with Crippen LogP contribution >= 0.6 is 13.5 Å². The summed E-state index contributed by atoms with van der Waals surface area (Å²) in [6.45, 7) is 11.7. The summed E-state index contributed by atoms with van der Waals surface area (Å²) in [4.78, 5) is 25.3. The van der Waals surface area contributed by atoms with E-state index in [1.807, 2.05) is 41.5 Å². The first-order chi connectivity index (χ1) is 6.55. The molecule has 1 rings (SSSR count). The SMILES string of the molecule is CC(C)(C)C1CC(=O)N(C(C)(C)C)C1=O.S. The molecule has 1 aliphatic heterocycles. The highest BCUT2D eigenvalue weighted by atomic mass is 32.1. The van der Waals surface area contributed by atoms with Gasteiger partial charge in [-0.15, -0.1) is 0 Å². The van der Waals surface area contributed by atoms with Crippen LogP contribution in [0.4, 0.5) is 0 Å². The van der Waals surface area contributed by atoms with Crippen LogP contribution in [-0.4, -0.2) is 22.3 Å². The second kappa shape index (κ2) is 4.40. The zero-order valence-electron chi connectivity index (χ0n) is 11.0. The number of hydrogen-bond acceptors (Lipinski definition) is 2. The van der Waals surface area contributed by atoms with Gasteiger partial charge in [0, 0.05) is 12.0 Å². The number of rotatable bonds is 0. The minimum atomic E-state index is -0.395. The minimum Gasteiger partial charge on any atom is -0.277 e. The summed E-state index contributed by atoms with van der Waals surface area (Å²) >= 11 is 0. The summed E-state index contributed by atoms with van der Waals surface area (Å²) in [7, 11) is 0. The van der Waals surface area contributed by atoms with Crippen molar-refractivity contribution in [1.82, 2.24) is 4.90 Å². The highest BCUT2D eigenvalue weighted by molar-refractivity contribution is 7.59. The van der Waals surface area contributed by atoms with Crippen LogP contribution in [0.15, 0.2) is 0 Å². The minimum absolute atomic E-state index is 0. The molecule has 1 unspecified atom stereocenters. The molecule has 1 saturated heterocycles. The molecule has 16 heavy (non-hydrogen) atoms. The predicted octanol–water partition coefficient (Wildman–Crippen LogP) is 2.32. The van der Waals surface area contributed by atoms with Crippen molar-refractivity contribution in [3.05, 3.63) is 0 Å². The summed E-state index contributed by atoms with van der Waals surface area (Å²) in [5.41, 5.74) is -0.527. The smallest absolute Gasteiger partial charge is 0.233 e. The van der Waals surface area contributed by atoms with Gasteiger partial charge in [-0.25, -0.2) is 0 Å². The number of nitrogens with zero attached hydrogens (tertiary/aromatic N) is 1. The van der Waals surface area contributed by atoms with Gasteiger partial charge >= 0.3 is 0 Å². The number of likely N-dealkylation sites (tertiary alicyclic amines) is 1. The van der Waals surface area contributed by atoms with E-state index in [9.17, 15) is 9.59 Å². The Balaban J connectivity index is 0.00000225. The maximum absolute atomic E-state index is 12.1. The zero-order chi connectivity index (χ0) is 12.0. The van der Waals surface area contributed by atoms with E-state index in [2.05, 4.69) is 0 Å². The van der Waals surface area contributed by atoms with Crippen LogP contribution in [0.2, 0.25) is 0 Å². The number of imide groups is 1. The third-order valence-corrected chi connectivity index (χ3v) is 2.86. The van der Waals surface area contributed by atoms with E-state index in [1.165, 1.54) is 4.90 Å². The first-order valence-corrected chi connectivity index (χ1v) is 5.42. The van der Waals surface area contributed by atoms with Gasteiger partial charge in [-0.3, -0.25) is 14.5 Å². The molecule has 0 aromatic rings. The van der Waals surface area contributed by atoms with Crippen molar-refractivity contribution in [2.24, 2.45) is 11.3 Å². The van der Waals surface area contributed by atoms with E-state index in [-0.39, 0.29) is 36.6 Å².